The molecule has 2 saturated heterocycles. The van der Waals surface area contributed by atoms with E-state index in [4.69, 9.17) is 0 Å². The van der Waals surface area contributed by atoms with Crippen molar-refractivity contribution in [3.8, 4) is 11.1 Å². The fourth-order valence-corrected chi connectivity index (χ4v) is 7.04. The predicted octanol–water partition coefficient (Wildman–Crippen LogP) is 5.70. The molecule has 0 spiro atoms. The minimum absolute atomic E-state index is 0.0136. The van der Waals surface area contributed by atoms with Crippen molar-refractivity contribution in [2.75, 3.05) is 38.0 Å². The van der Waals surface area contributed by atoms with Gasteiger partial charge in [-0.25, -0.2) is 9.97 Å². The molecule has 3 aliphatic rings. The second-order valence-corrected chi connectivity index (χ2v) is 14.5. The van der Waals surface area contributed by atoms with E-state index in [0.29, 0.717) is 12.5 Å². The maximum atomic E-state index is 13.3. The van der Waals surface area contributed by atoms with Crippen LogP contribution in [0.3, 0.4) is 0 Å². The van der Waals surface area contributed by atoms with Gasteiger partial charge in [-0.05, 0) is 94.1 Å². The first kappa shape index (κ1) is 34.2. The molecule has 3 fully saturated rings. The van der Waals surface area contributed by atoms with Crippen LogP contribution in [-0.2, 0) is 16.8 Å². The Morgan fingerprint density at radius 2 is 1.72 bits per heavy atom. The van der Waals surface area contributed by atoms with Crippen molar-refractivity contribution in [3.63, 3.8) is 0 Å². The van der Waals surface area contributed by atoms with Gasteiger partial charge in [-0.1, -0.05) is 24.3 Å². The van der Waals surface area contributed by atoms with Gasteiger partial charge in [-0.3, -0.25) is 14.6 Å². The number of amides is 1. The molecule has 2 aliphatic heterocycles. The van der Waals surface area contributed by atoms with Crippen LogP contribution < -0.4 is 16.0 Å². The average molecular weight is 691 g/mol. The summed E-state index contributed by atoms with van der Waals surface area (Å²) in [5.74, 6) is 1.16. The molecule has 50 heavy (non-hydrogen) atoms. The highest BCUT2D eigenvalue weighted by atomic mass is 19.4. The zero-order valence-electron chi connectivity index (χ0n) is 28.5. The van der Waals surface area contributed by atoms with Crippen molar-refractivity contribution in [3.05, 3.63) is 72.2 Å². The fourth-order valence-electron chi connectivity index (χ4n) is 7.04. The van der Waals surface area contributed by atoms with Gasteiger partial charge in [-0.15, -0.1) is 0 Å². The maximum Gasteiger partial charge on any atom is 0.401 e. The highest BCUT2D eigenvalue weighted by molar-refractivity contribution is 5.83. The third-order valence-electron chi connectivity index (χ3n) is 10.6. The number of nitrogens with zero attached hydrogens (tertiary/aromatic N) is 6. The molecular formula is C36H45F3N10O. The average Bonchev–Trinajstić information content (AvgIpc) is 3.52. The van der Waals surface area contributed by atoms with Crippen molar-refractivity contribution < 1.29 is 18.0 Å². The van der Waals surface area contributed by atoms with E-state index in [1.807, 2.05) is 48.8 Å². The number of pyridine rings is 1. The van der Waals surface area contributed by atoms with Gasteiger partial charge >= 0.3 is 6.18 Å². The Hall–Kier alpha value is -4.30. The third-order valence-corrected chi connectivity index (χ3v) is 10.6. The monoisotopic (exact) mass is 690 g/mol. The Morgan fingerprint density at radius 1 is 0.980 bits per heavy atom. The minimum atomic E-state index is -4.49. The van der Waals surface area contributed by atoms with E-state index < -0.39 is 11.6 Å². The lowest BCUT2D eigenvalue weighted by molar-refractivity contribution is -0.182. The lowest BCUT2D eigenvalue weighted by atomic mass is 9.92. The first-order valence-electron chi connectivity index (χ1n) is 17.6. The highest BCUT2D eigenvalue weighted by Gasteiger charge is 2.51. The second kappa shape index (κ2) is 14.1. The van der Waals surface area contributed by atoms with Gasteiger partial charge in [0.25, 0.3) is 0 Å². The van der Waals surface area contributed by atoms with Crippen molar-refractivity contribution >= 4 is 17.4 Å². The molecule has 5 heterocycles. The predicted molar refractivity (Wildman–Crippen MR) is 184 cm³/mol. The molecular weight excluding hydrogens is 645 g/mol. The van der Waals surface area contributed by atoms with E-state index in [-0.39, 0.29) is 35.9 Å². The standard InChI is InChI=1S/C36H45F3N10O/c1-35(2,36(37,38)39)34-45-32(46-47-34)20-42-33(50)30-17-29(30)25-5-3-24(4-6-25)26-7-8-31(41-18-26)44-27-19-43-49(22-27)28-11-15-48(16-12-28)21-23-9-13-40-14-10-23/h3-8,18-19,22-23,28-30,40H,9-17,20-21H2,1-2H3,(H,41,44)(H,42,50)(H,45,46,47)/t29-,30+/m1/s1. The third kappa shape index (κ3) is 7.70. The zero-order chi connectivity index (χ0) is 34.9. The summed E-state index contributed by atoms with van der Waals surface area (Å²) in [6.07, 6.45) is 6.83. The van der Waals surface area contributed by atoms with Crippen molar-refractivity contribution in [2.45, 2.75) is 76.0 Å². The summed E-state index contributed by atoms with van der Waals surface area (Å²) in [6.45, 7) is 7.82. The van der Waals surface area contributed by atoms with Crippen LogP contribution in [0, 0.1) is 11.8 Å². The number of piperidine rings is 2. The lowest BCUT2D eigenvalue weighted by Crippen LogP contribution is -2.40. The van der Waals surface area contributed by atoms with Crippen LogP contribution in [-0.4, -0.2) is 79.7 Å². The Labute approximate surface area is 289 Å². The number of alkyl halides is 3. The molecule has 0 bridgehead atoms. The lowest BCUT2D eigenvalue weighted by Gasteiger charge is -2.35. The van der Waals surface area contributed by atoms with Crippen LogP contribution in [0.2, 0.25) is 0 Å². The fraction of sp³-hybridized carbons (Fsp3) is 0.528. The Kier molecular flexibility index (Phi) is 9.66. The number of carbonyl (C=O) groups excluding carboxylic acids is 1. The minimum Gasteiger partial charge on any atom is -0.349 e. The first-order chi connectivity index (χ1) is 24.0. The van der Waals surface area contributed by atoms with Crippen molar-refractivity contribution in [2.24, 2.45) is 11.8 Å². The van der Waals surface area contributed by atoms with E-state index >= 15 is 0 Å². The first-order valence-corrected chi connectivity index (χ1v) is 17.6. The summed E-state index contributed by atoms with van der Waals surface area (Å²) in [7, 11) is 0. The van der Waals surface area contributed by atoms with Gasteiger partial charge in [0, 0.05) is 43.5 Å². The number of aromatic nitrogens is 6. The normalized spacial score (nSPS) is 20.9. The molecule has 4 aromatic rings. The zero-order valence-corrected chi connectivity index (χ0v) is 28.5. The molecule has 14 heteroatoms. The number of halogens is 3. The number of hydrogen-bond donors (Lipinski definition) is 4. The Bertz CT molecular complexity index is 1740. The number of hydrogen-bond acceptors (Lipinski definition) is 8. The van der Waals surface area contributed by atoms with Gasteiger partial charge in [0.2, 0.25) is 5.91 Å². The smallest absolute Gasteiger partial charge is 0.349 e. The largest absolute Gasteiger partial charge is 0.401 e. The van der Waals surface area contributed by atoms with E-state index in [1.165, 1.54) is 19.4 Å². The van der Waals surface area contributed by atoms with Gasteiger partial charge in [-0.2, -0.15) is 23.4 Å². The SMILES string of the molecule is CC(C)(c1n[nH]c(CNC(=O)[C@H]2C[C@@H]2c2ccc(-c3ccc(Nc4cnn(C5CCN(CC6CCNCC6)CC5)c4)nc3)cc2)n1)C(F)(F)F. The number of anilines is 2. The topological polar surface area (TPSA) is 129 Å². The van der Waals surface area contributed by atoms with Gasteiger partial charge in [0.05, 0.1) is 24.5 Å². The summed E-state index contributed by atoms with van der Waals surface area (Å²) >= 11 is 0. The van der Waals surface area contributed by atoms with Crippen LogP contribution in [0.5, 0.6) is 0 Å². The molecule has 2 atom stereocenters. The molecule has 1 aromatic carbocycles. The molecule has 266 valence electrons. The van der Waals surface area contributed by atoms with E-state index in [9.17, 15) is 18.0 Å². The number of benzene rings is 1. The number of H-pyrrole nitrogens is 1. The Balaban J connectivity index is 0.862. The highest BCUT2D eigenvalue weighted by Crippen LogP contribution is 2.48. The van der Waals surface area contributed by atoms with Crippen molar-refractivity contribution in [1.82, 2.24) is 45.5 Å². The molecule has 1 aliphatic carbocycles. The van der Waals surface area contributed by atoms with E-state index in [2.05, 4.69) is 57.0 Å². The van der Waals surface area contributed by atoms with Gasteiger partial charge in [0.1, 0.15) is 17.1 Å². The number of carbonyl (C=O) groups is 1. The molecule has 3 aromatic heterocycles. The summed E-state index contributed by atoms with van der Waals surface area (Å²) in [6, 6.07) is 12.6. The molecule has 4 N–H and O–H groups in total. The van der Waals surface area contributed by atoms with Crippen LogP contribution >= 0.6 is 0 Å². The summed E-state index contributed by atoms with van der Waals surface area (Å²) in [5, 5.41) is 20.5. The van der Waals surface area contributed by atoms with Crippen LogP contribution in [0.4, 0.5) is 24.7 Å². The van der Waals surface area contributed by atoms with Crippen LogP contribution in [0.1, 0.15) is 75.1 Å². The summed E-state index contributed by atoms with van der Waals surface area (Å²) < 4.78 is 42.0. The number of rotatable bonds is 11. The van der Waals surface area contributed by atoms with E-state index in [1.54, 1.807) is 0 Å². The van der Waals surface area contributed by atoms with Gasteiger partial charge < -0.3 is 20.9 Å². The van der Waals surface area contributed by atoms with Crippen LogP contribution in [0.15, 0.2) is 55.0 Å². The molecule has 11 nitrogen and oxygen atoms in total. The molecule has 0 radical (unpaired) electrons. The maximum absolute atomic E-state index is 13.3. The molecule has 1 amide bonds. The van der Waals surface area contributed by atoms with Crippen LogP contribution in [0.25, 0.3) is 11.1 Å². The number of likely N-dealkylation sites (tertiary alicyclic amines) is 1. The molecule has 0 unspecified atom stereocenters. The summed E-state index contributed by atoms with van der Waals surface area (Å²) in [5.41, 5.74) is 1.81. The second-order valence-electron chi connectivity index (χ2n) is 14.5. The molecule has 7 rings (SSSR count). The Morgan fingerprint density at radius 3 is 2.42 bits per heavy atom. The quantitative estimate of drug-likeness (QED) is 0.158. The van der Waals surface area contributed by atoms with E-state index in [0.717, 1.165) is 87.0 Å². The van der Waals surface area contributed by atoms with Crippen molar-refractivity contribution in [1.29, 1.82) is 0 Å². The number of nitrogens with one attached hydrogen (secondary N) is 4. The van der Waals surface area contributed by atoms with Gasteiger partial charge in [0.15, 0.2) is 5.82 Å². The number of aromatic amines is 1. The molecule has 1 saturated carbocycles. The summed E-state index contributed by atoms with van der Waals surface area (Å²) in [4.78, 5) is 24.0.